The molecule has 4 aliphatic rings. The van der Waals surface area contributed by atoms with E-state index in [1.54, 1.807) is 25.4 Å². The molecule has 0 N–H and O–H groups in total. The summed E-state index contributed by atoms with van der Waals surface area (Å²) in [5.41, 5.74) is 3.34. The highest BCUT2D eigenvalue weighted by molar-refractivity contribution is 6.90. The highest BCUT2D eigenvalue weighted by Crippen LogP contribution is 2.46. The number of nitrogens with zero attached hydrogens (tertiary/aromatic N) is 6. The van der Waals surface area contributed by atoms with Crippen LogP contribution in [0.2, 0.25) is 16.6 Å². The van der Waals surface area contributed by atoms with Crippen molar-refractivity contribution in [2.75, 3.05) is 51.4 Å². The van der Waals surface area contributed by atoms with E-state index in [0.717, 1.165) is 19.4 Å². The topological polar surface area (TPSA) is 93.2 Å². The zero-order chi connectivity index (χ0) is 45.2. The molecule has 2 aromatic heterocycles. The Bertz CT molecular complexity index is 2440. The normalized spacial score (nSPS) is 23.9. The van der Waals surface area contributed by atoms with Crippen molar-refractivity contribution in [1.82, 2.24) is 24.8 Å². The van der Waals surface area contributed by atoms with Gasteiger partial charge < -0.3 is 19.1 Å². The maximum atomic E-state index is 17.7. The van der Waals surface area contributed by atoms with Crippen molar-refractivity contribution in [2.45, 2.75) is 140 Å². The first-order chi connectivity index (χ1) is 29.8. The SMILES string of the molecule is COC[C@@]12CC[C@@H](CN(c3nc(OC[C@@]45CCCN4C[C@H](F)C5)nc4c(F)c(-c5cccc6ccc(F)c(C#C[Si](C(C)C)(C(C)C)C(C)C)c56)ncc34)C1)N2C(=O)OC(C)(C)C. The first-order valence-corrected chi connectivity index (χ1v) is 25.0. The molecule has 4 atom stereocenters. The number of rotatable bonds is 10. The fourth-order valence-corrected chi connectivity index (χ4v) is 17.0. The van der Waals surface area contributed by atoms with Crippen LogP contribution in [0.1, 0.15) is 100.0 Å². The number of piperazine rings is 1. The minimum Gasteiger partial charge on any atom is -0.461 e. The summed E-state index contributed by atoms with van der Waals surface area (Å²) in [6, 6.07) is 8.30. The van der Waals surface area contributed by atoms with E-state index in [1.165, 1.54) is 6.07 Å². The monoisotopic (exact) mass is 884 g/mol. The van der Waals surface area contributed by atoms with Crippen molar-refractivity contribution in [1.29, 1.82) is 0 Å². The van der Waals surface area contributed by atoms with Crippen molar-refractivity contribution in [3.63, 3.8) is 0 Å². The number of methoxy groups -OCH3 is 1. The minimum absolute atomic E-state index is 0.000250. The molecule has 0 saturated carbocycles. The van der Waals surface area contributed by atoms with E-state index in [0.29, 0.717) is 83.1 Å². The third-order valence-electron chi connectivity index (χ3n) is 14.4. The number of pyridine rings is 1. The summed E-state index contributed by atoms with van der Waals surface area (Å²) < 4.78 is 66.9. The van der Waals surface area contributed by atoms with E-state index in [1.807, 2.05) is 37.8 Å². The maximum Gasteiger partial charge on any atom is 0.411 e. The van der Waals surface area contributed by atoms with E-state index >= 15 is 8.78 Å². The number of anilines is 1. The molecule has 63 heavy (non-hydrogen) atoms. The third-order valence-corrected chi connectivity index (χ3v) is 20.7. The molecule has 8 rings (SSSR count). The lowest BCUT2D eigenvalue weighted by Crippen LogP contribution is -2.66. The molecule has 2 aromatic carbocycles. The Kier molecular flexibility index (Phi) is 12.1. The van der Waals surface area contributed by atoms with Gasteiger partial charge in [-0.15, -0.1) is 5.54 Å². The Balaban J connectivity index is 1.27. The average Bonchev–Trinajstić information content (AvgIpc) is 3.82. The number of alkyl halides is 1. The predicted octanol–water partition coefficient (Wildman–Crippen LogP) is 10.3. The van der Waals surface area contributed by atoms with E-state index in [9.17, 15) is 9.18 Å². The van der Waals surface area contributed by atoms with Crippen LogP contribution in [0.5, 0.6) is 6.01 Å². The highest BCUT2D eigenvalue weighted by atomic mass is 28.3. The van der Waals surface area contributed by atoms with Gasteiger partial charge in [-0.05, 0) is 81.1 Å². The zero-order valence-corrected chi connectivity index (χ0v) is 39.6. The average molecular weight is 885 g/mol. The van der Waals surface area contributed by atoms with Gasteiger partial charge in [-0.3, -0.25) is 14.8 Å². The van der Waals surface area contributed by atoms with Crippen LogP contribution in [0.4, 0.5) is 23.8 Å². The Morgan fingerprint density at radius 2 is 1.73 bits per heavy atom. The molecule has 0 radical (unpaired) electrons. The second-order valence-electron chi connectivity index (χ2n) is 20.4. The minimum atomic E-state index is -2.28. The molecule has 338 valence electrons. The number of benzene rings is 2. The number of carbonyl (C=O) groups excluding carboxylic acids is 1. The van der Waals surface area contributed by atoms with Crippen molar-refractivity contribution in [3.8, 4) is 28.7 Å². The van der Waals surface area contributed by atoms with Crippen molar-refractivity contribution >= 4 is 41.7 Å². The van der Waals surface area contributed by atoms with Gasteiger partial charge in [0.15, 0.2) is 5.82 Å². The van der Waals surface area contributed by atoms with Crippen LogP contribution in [-0.4, -0.2) is 114 Å². The van der Waals surface area contributed by atoms with Crippen LogP contribution in [0, 0.1) is 23.1 Å². The Labute approximate surface area is 371 Å². The van der Waals surface area contributed by atoms with Gasteiger partial charge in [0.2, 0.25) is 0 Å². The first-order valence-electron chi connectivity index (χ1n) is 22.7. The summed E-state index contributed by atoms with van der Waals surface area (Å²) in [5.74, 6) is 2.57. The molecule has 6 heterocycles. The van der Waals surface area contributed by atoms with Crippen LogP contribution in [0.15, 0.2) is 36.5 Å². The molecule has 2 bridgehead atoms. The number of hydrogen-bond donors (Lipinski definition) is 0. The number of amides is 1. The molecular weight excluding hydrogens is 822 g/mol. The Morgan fingerprint density at radius 3 is 2.43 bits per heavy atom. The number of hydrogen-bond acceptors (Lipinski definition) is 9. The summed E-state index contributed by atoms with van der Waals surface area (Å²) in [7, 11) is -0.659. The number of fused-ring (bicyclic) bond motifs is 5. The van der Waals surface area contributed by atoms with Gasteiger partial charge in [0.25, 0.3) is 0 Å². The summed E-state index contributed by atoms with van der Waals surface area (Å²) in [6.07, 6.45) is 3.67. The van der Waals surface area contributed by atoms with Gasteiger partial charge in [0.05, 0.1) is 34.7 Å². The molecule has 0 unspecified atom stereocenters. The smallest absolute Gasteiger partial charge is 0.411 e. The van der Waals surface area contributed by atoms with E-state index < -0.39 is 48.7 Å². The highest BCUT2D eigenvalue weighted by Gasteiger charge is 2.56. The molecule has 4 aliphatic heterocycles. The summed E-state index contributed by atoms with van der Waals surface area (Å²) in [5, 5.41) is 1.56. The first kappa shape index (κ1) is 45.1. The van der Waals surface area contributed by atoms with Gasteiger partial charge in [-0.2, -0.15) is 9.97 Å². The Hall–Kier alpha value is -4.45. The largest absolute Gasteiger partial charge is 0.461 e. The zero-order valence-electron chi connectivity index (χ0n) is 38.6. The number of ether oxygens (including phenoxy) is 3. The van der Waals surface area contributed by atoms with Crippen molar-refractivity contribution in [3.05, 3.63) is 53.7 Å². The van der Waals surface area contributed by atoms with Crippen LogP contribution in [0.25, 0.3) is 32.9 Å². The lowest BCUT2D eigenvalue weighted by Gasteiger charge is -2.49. The quantitative estimate of drug-likeness (QED) is 0.114. The fraction of sp³-hybridized carbons (Fsp3) is 0.592. The fourth-order valence-electron chi connectivity index (χ4n) is 11.8. The second kappa shape index (κ2) is 16.8. The lowest BCUT2D eigenvalue weighted by atomic mass is 9.95. The van der Waals surface area contributed by atoms with E-state index in [4.69, 9.17) is 29.2 Å². The number of halogens is 3. The van der Waals surface area contributed by atoms with Gasteiger partial charge in [0.1, 0.15) is 49.3 Å². The Morgan fingerprint density at radius 1 is 0.984 bits per heavy atom. The van der Waals surface area contributed by atoms with Crippen LogP contribution >= 0.6 is 0 Å². The molecule has 4 aromatic rings. The number of carbonyl (C=O) groups is 1. The van der Waals surface area contributed by atoms with E-state index in [2.05, 4.69) is 62.8 Å². The van der Waals surface area contributed by atoms with Gasteiger partial charge >= 0.3 is 12.1 Å². The maximum absolute atomic E-state index is 17.7. The molecule has 0 aliphatic carbocycles. The second-order valence-corrected chi connectivity index (χ2v) is 26.0. The molecule has 1 amide bonds. The van der Waals surface area contributed by atoms with Crippen LogP contribution < -0.4 is 9.64 Å². The third kappa shape index (κ3) is 7.94. The molecule has 4 saturated heterocycles. The number of aromatic nitrogens is 3. The predicted molar refractivity (Wildman–Crippen MR) is 245 cm³/mol. The van der Waals surface area contributed by atoms with Gasteiger partial charge in [-0.25, -0.2) is 18.0 Å². The van der Waals surface area contributed by atoms with Crippen LogP contribution in [-0.2, 0) is 9.47 Å². The molecule has 0 spiro atoms. The molecule has 10 nitrogen and oxygen atoms in total. The standard InChI is InChI=1S/C49H63F3N6O4Si/c1-30(2)63(31(3)4,32(5)6)22-18-36-39(51)16-15-33-13-11-14-37(40(33)36)42-41(52)43-38(24-53-42)44(55-45(54-43)61-29-48-19-12-21-57(48)25-34(50)23-48)56-26-35-17-20-49(27-56,28-60-10)58(35)46(59)62-47(7,8)9/h11,13-16,24,30-32,34-35H,12,17,19-21,23,25-29H2,1-10H3/t34-,35+,48+,49-/m1/s1. The van der Waals surface area contributed by atoms with Crippen molar-refractivity contribution in [2.24, 2.45) is 0 Å². The van der Waals surface area contributed by atoms with Crippen LogP contribution in [0.3, 0.4) is 0 Å². The van der Waals surface area contributed by atoms with E-state index in [-0.39, 0.29) is 42.0 Å². The lowest BCUT2D eigenvalue weighted by molar-refractivity contribution is -0.0261. The summed E-state index contributed by atoms with van der Waals surface area (Å²) in [4.78, 5) is 34.3. The summed E-state index contributed by atoms with van der Waals surface area (Å²) >= 11 is 0. The summed E-state index contributed by atoms with van der Waals surface area (Å²) in [6.45, 7) is 21.1. The van der Waals surface area contributed by atoms with Gasteiger partial charge in [-0.1, -0.05) is 71.7 Å². The van der Waals surface area contributed by atoms with Crippen molar-refractivity contribution < 1.29 is 32.2 Å². The molecule has 14 heteroatoms. The molecule has 4 fully saturated rings. The molecular formula is C49H63F3N6O4Si. The van der Waals surface area contributed by atoms with Gasteiger partial charge in [0, 0.05) is 50.3 Å².